The summed E-state index contributed by atoms with van der Waals surface area (Å²) in [5.74, 6) is 0.280. The zero-order chi connectivity index (χ0) is 16.3. The Bertz CT molecular complexity index is 704. The van der Waals surface area contributed by atoms with E-state index in [0.717, 1.165) is 5.56 Å². The van der Waals surface area contributed by atoms with Crippen LogP contribution in [0.2, 0.25) is 15.1 Å². The second kappa shape index (κ2) is 7.23. The van der Waals surface area contributed by atoms with Gasteiger partial charge in [0.2, 0.25) is 0 Å². The number of carbonyl (C=O) groups is 1. The molecule has 2 aromatic rings. The standard InChI is InChI=1S/C16H14Cl3NO2/c1-9-8-11(17)6-7-14(9)22-10(2)16(21)20-13-5-3-4-12(18)15(13)19/h3-8,10H,1-2H3,(H,20,21). The predicted octanol–water partition coefficient (Wildman–Crippen LogP) is 5.36. The molecule has 0 bridgehead atoms. The first-order valence-electron chi connectivity index (χ1n) is 6.56. The largest absolute Gasteiger partial charge is 0.481 e. The molecule has 3 nitrogen and oxygen atoms in total. The molecule has 1 unspecified atom stereocenters. The molecule has 0 heterocycles. The summed E-state index contributed by atoms with van der Waals surface area (Å²) in [6, 6.07) is 10.2. The molecule has 1 N–H and O–H groups in total. The normalized spacial score (nSPS) is 11.9. The van der Waals surface area contributed by atoms with Crippen molar-refractivity contribution in [3.8, 4) is 5.75 Å². The van der Waals surface area contributed by atoms with Gasteiger partial charge in [-0.05, 0) is 49.7 Å². The van der Waals surface area contributed by atoms with Crippen molar-refractivity contribution in [2.45, 2.75) is 20.0 Å². The highest BCUT2D eigenvalue weighted by Crippen LogP contribution is 2.30. The van der Waals surface area contributed by atoms with E-state index in [2.05, 4.69) is 5.32 Å². The first-order valence-corrected chi connectivity index (χ1v) is 7.69. The van der Waals surface area contributed by atoms with Gasteiger partial charge in [0.25, 0.3) is 5.91 Å². The molecule has 0 saturated heterocycles. The molecular formula is C16H14Cl3NO2. The Morgan fingerprint density at radius 3 is 2.59 bits per heavy atom. The molecule has 6 heteroatoms. The minimum absolute atomic E-state index is 0.299. The van der Waals surface area contributed by atoms with E-state index in [-0.39, 0.29) is 5.91 Å². The van der Waals surface area contributed by atoms with E-state index in [1.807, 2.05) is 6.92 Å². The SMILES string of the molecule is Cc1cc(Cl)ccc1OC(C)C(=O)Nc1cccc(Cl)c1Cl. The minimum atomic E-state index is -0.699. The van der Waals surface area contributed by atoms with Gasteiger partial charge in [-0.3, -0.25) is 4.79 Å². The van der Waals surface area contributed by atoms with Crippen molar-refractivity contribution in [3.05, 3.63) is 57.0 Å². The van der Waals surface area contributed by atoms with Crippen molar-refractivity contribution >= 4 is 46.4 Å². The Balaban J connectivity index is 2.07. The fourth-order valence-electron chi connectivity index (χ4n) is 1.82. The molecule has 1 amide bonds. The summed E-state index contributed by atoms with van der Waals surface area (Å²) in [5, 5.41) is 3.99. The molecule has 0 aliphatic rings. The molecule has 0 spiro atoms. The third kappa shape index (κ3) is 4.07. The van der Waals surface area contributed by atoms with Crippen LogP contribution in [0.1, 0.15) is 12.5 Å². The van der Waals surface area contributed by atoms with Gasteiger partial charge in [-0.2, -0.15) is 0 Å². The number of halogens is 3. The molecule has 0 aromatic heterocycles. The lowest BCUT2D eigenvalue weighted by Crippen LogP contribution is -2.30. The lowest BCUT2D eigenvalue weighted by atomic mass is 10.2. The van der Waals surface area contributed by atoms with E-state index < -0.39 is 6.10 Å². The highest BCUT2D eigenvalue weighted by atomic mass is 35.5. The molecule has 1 atom stereocenters. The molecular weight excluding hydrogens is 345 g/mol. The van der Waals surface area contributed by atoms with Gasteiger partial charge in [-0.1, -0.05) is 40.9 Å². The van der Waals surface area contributed by atoms with Crippen LogP contribution >= 0.6 is 34.8 Å². The summed E-state index contributed by atoms with van der Waals surface area (Å²) < 4.78 is 5.66. The van der Waals surface area contributed by atoms with E-state index in [9.17, 15) is 4.79 Å². The third-order valence-corrected chi connectivity index (χ3v) is 4.07. The van der Waals surface area contributed by atoms with Crippen molar-refractivity contribution < 1.29 is 9.53 Å². The molecule has 0 radical (unpaired) electrons. The van der Waals surface area contributed by atoms with Gasteiger partial charge in [-0.25, -0.2) is 0 Å². The van der Waals surface area contributed by atoms with Gasteiger partial charge in [-0.15, -0.1) is 0 Å². The van der Waals surface area contributed by atoms with Crippen LogP contribution in [0.5, 0.6) is 5.75 Å². The zero-order valence-corrected chi connectivity index (χ0v) is 14.3. The maximum absolute atomic E-state index is 12.2. The fourth-order valence-corrected chi connectivity index (χ4v) is 2.40. The zero-order valence-electron chi connectivity index (χ0n) is 12.0. The Labute approximate surface area is 144 Å². The van der Waals surface area contributed by atoms with Crippen molar-refractivity contribution in [1.29, 1.82) is 0 Å². The number of anilines is 1. The number of aryl methyl sites for hydroxylation is 1. The maximum Gasteiger partial charge on any atom is 0.265 e. The highest BCUT2D eigenvalue weighted by molar-refractivity contribution is 6.44. The van der Waals surface area contributed by atoms with Crippen molar-refractivity contribution in [2.24, 2.45) is 0 Å². The summed E-state index contributed by atoms with van der Waals surface area (Å²) >= 11 is 17.9. The van der Waals surface area contributed by atoms with Crippen LogP contribution in [-0.4, -0.2) is 12.0 Å². The van der Waals surface area contributed by atoms with E-state index in [0.29, 0.717) is 26.5 Å². The van der Waals surface area contributed by atoms with Crippen LogP contribution in [0.4, 0.5) is 5.69 Å². The molecule has 0 aliphatic carbocycles. The minimum Gasteiger partial charge on any atom is -0.481 e. The molecule has 2 aromatic carbocycles. The molecule has 0 aliphatic heterocycles. The number of rotatable bonds is 4. The van der Waals surface area contributed by atoms with Crippen LogP contribution < -0.4 is 10.1 Å². The monoisotopic (exact) mass is 357 g/mol. The molecule has 2 rings (SSSR count). The number of benzene rings is 2. The maximum atomic E-state index is 12.2. The number of ether oxygens (including phenoxy) is 1. The first-order chi connectivity index (χ1) is 10.4. The molecule has 22 heavy (non-hydrogen) atoms. The lowest BCUT2D eigenvalue weighted by Gasteiger charge is -2.17. The predicted molar refractivity (Wildman–Crippen MR) is 91.4 cm³/mol. The number of nitrogens with one attached hydrogen (secondary N) is 1. The van der Waals surface area contributed by atoms with E-state index in [4.69, 9.17) is 39.5 Å². The summed E-state index contributed by atoms with van der Waals surface area (Å²) in [7, 11) is 0. The Kier molecular flexibility index (Phi) is 5.57. The van der Waals surface area contributed by atoms with E-state index in [1.54, 1.807) is 43.3 Å². The summed E-state index contributed by atoms with van der Waals surface area (Å²) in [5.41, 5.74) is 1.30. The Hall–Kier alpha value is -1.42. The average Bonchev–Trinajstić information content (AvgIpc) is 2.46. The van der Waals surface area contributed by atoms with Gasteiger partial charge in [0.1, 0.15) is 5.75 Å². The Morgan fingerprint density at radius 2 is 1.91 bits per heavy atom. The highest BCUT2D eigenvalue weighted by Gasteiger charge is 2.17. The lowest BCUT2D eigenvalue weighted by molar-refractivity contribution is -0.122. The fraction of sp³-hybridized carbons (Fsp3) is 0.188. The van der Waals surface area contributed by atoms with Gasteiger partial charge in [0.05, 0.1) is 15.7 Å². The van der Waals surface area contributed by atoms with Crippen LogP contribution in [0.25, 0.3) is 0 Å². The van der Waals surface area contributed by atoms with E-state index >= 15 is 0 Å². The first kappa shape index (κ1) is 16.9. The van der Waals surface area contributed by atoms with Gasteiger partial charge >= 0.3 is 0 Å². The third-order valence-electron chi connectivity index (χ3n) is 3.02. The van der Waals surface area contributed by atoms with Gasteiger partial charge in [0, 0.05) is 5.02 Å². The quantitative estimate of drug-likeness (QED) is 0.799. The van der Waals surface area contributed by atoms with Crippen LogP contribution in [0.15, 0.2) is 36.4 Å². The molecule has 116 valence electrons. The molecule has 0 fully saturated rings. The van der Waals surface area contributed by atoms with Crippen LogP contribution in [0, 0.1) is 6.92 Å². The van der Waals surface area contributed by atoms with Crippen LogP contribution in [-0.2, 0) is 4.79 Å². The summed E-state index contributed by atoms with van der Waals surface area (Å²) in [6.45, 7) is 3.52. The number of hydrogen-bond acceptors (Lipinski definition) is 2. The second-order valence-electron chi connectivity index (χ2n) is 4.76. The number of amides is 1. The topological polar surface area (TPSA) is 38.3 Å². The van der Waals surface area contributed by atoms with Crippen LogP contribution in [0.3, 0.4) is 0 Å². The molecule has 0 saturated carbocycles. The van der Waals surface area contributed by atoms with E-state index in [1.165, 1.54) is 0 Å². The second-order valence-corrected chi connectivity index (χ2v) is 5.98. The number of hydrogen-bond donors (Lipinski definition) is 1. The van der Waals surface area contributed by atoms with Crippen molar-refractivity contribution in [1.82, 2.24) is 0 Å². The Morgan fingerprint density at radius 1 is 1.18 bits per heavy atom. The van der Waals surface area contributed by atoms with Gasteiger partial charge < -0.3 is 10.1 Å². The van der Waals surface area contributed by atoms with Crippen molar-refractivity contribution in [2.75, 3.05) is 5.32 Å². The number of carbonyl (C=O) groups excluding carboxylic acids is 1. The van der Waals surface area contributed by atoms with Crippen molar-refractivity contribution in [3.63, 3.8) is 0 Å². The smallest absolute Gasteiger partial charge is 0.265 e. The summed E-state index contributed by atoms with van der Waals surface area (Å²) in [6.07, 6.45) is -0.699. The average molecular weight is 359 g/mol. The van der Waals surface area contributed by atoms with Gasteiger partial charge in [0.15, 0.2) is 6.10 Å². The summed E-state index contributed by atoms with van der Waals surface area (Å²) in [4.78, 5) is 12.2.